The minimum absolute atomic E-state index is 0.0236. The number of ketones is 1. The van der Waals surface area contributed by atoms with Gasteiger partial charge in [0.05, 0.1) is 12.0 Å². The first-order chi connectivity index (χ1) is 29.4. The maximum Gasteiger partial charge on any atom is 0.307 e. The van der Waals surface area contributed by atoms with Crippen molar-refractivity contribution in [2.24, 2.45) is 23.1 Å². The Morgan fingerprint density at radius 1 is 0.836 bits per heavy atom. The number of carboxylic acids is 1. The summed E-state index contributed by atoms with van der Waals surface area (Å²) >= 11 is 0. The fourth-order valence-electron chi connectivity index (χ4n) is 7.40. The fourth-order valence-corrected chi connectivity index (χ4v) is 7.40. The van der Waals surface area contributed by atoms with Gasteiger partial charge in [0.1, 0.15) is 36.8 Å². The van der Waals surface area contributed by atoms with Gasteiger partial charge in [-0.2, -0.15) is 0 Å². The van der Waals surface area contributed by atoms with E-state index in [0.717, 1.165) is 30.4 Å². The second-order valence-electron chi connectivity index (χ2n) is 15.3. The lowest BCUT2D eigenvalue weighted by Crippen LogP contribution is -2.52. The lowest BCUT2D eigenvalue weighted by Gasteiger charge is -2.32. The number of nitrogens with one attached hydrogen (secondary N) is 2. The molecule has 0 fully saturated rings. The molecule has 4 bridgehead atoms. The Balaban J connectivity index is 1.51. The van der Waals surface area contributed by atoms with E-state index in [1.807, 2.05) is 12.1 Å². The second kappa shape index (κ2) is 22.0. The highest BCUT2D eigenvalue weighted by Gasteiger charge is 2.36. The highest BCUT2D eigenvalue weighted by atomic mass is 16.5. The maximum atomic E-state index is 14.5. The number of fused-ring (bicyclic) bond motifs is 5. The SMILES string of the molecule is CCCCc1ccc(-c2ccc(C(=O)N[C@@H](CCN)C(=O)N(C)[C@@H]3C(=O)N[C@@H](C)C(=O)C[C@H](C(=O)O)Cc4ccc(OCCN)c(c4)-c4cc3ccc4OCCN)cc2)cc1. The number of rotatable bonds is 17. The molecule has 0 aliphatic carbocycles. The van der Waals surface area contributed by atoms with Crippen LogP contribution in [-0.4, -0.2) is 91.5 Å². The highest BCUT2D eigenvalue weighted by Crippen LogP contribution is 2.40. The third kappa shape index (κ3) is 11.8. The Labute approximate surface area is 357 Å². The zero-order valence-electron chi connectivity index (χ0n) is 35.2. The summed E-state index contributed by atoms with van der Waals surface area (Å²) in [4.78, 5) is 69.8. The smallest absolute Gasteiger partial charge is 0.307 e. The number of hydrogen-bond donors (Lipinski definition) is 6. The first kappa shape index (κ1) is 46.0. The first-order valence-corrected chi connectivity index (χ1v) is 20.8. The van der Waals surface area contributed by atoms with Gasteiger partial charge in [0.15, 0.2) is 5.78 Å². The van der Waals surface area contributed by atoms with E-state index < -0.39 is 53.5 Å². The Morgan fingerprint density at radius 2 is 1.44 bits per heavy atom. The number of Topliss-reactive ketones (excluding diaryl/α,β-unsaturated/α-hetero) is 1. The zero-order valence-corrected chi connectivity index (χ0v) is 35.2. The fraction of sp³-hybridized carbons (Fsp3) is 0.383. The lowest BCUT2D eigenvalue weighted by molar-refractivity contribution is -0.144. The Bertz CT molecular complexity index is 2160. The summed E-state index contributed by atoms with van der Waals surface area (Å²) in [5.74, 6) is -3.77. The van der Waals surface area contributed by atoms with Crippen molar-refractivity contribution in [3.63, 3.8) is 0 Å². The summed E-state index contributed by atoms with van der Waals surface area (Å²) in [7, 11) is 1.44. The predicted molar refractivity (Wildman–Crippen MR) is 234 cm³/mol. The van der Waals surface area contributed by atoms with Gasteiger partial charge in [0.25, 0.3) is 5.91 Å². The normalized spacial score (nSPS) is 17.0. The van der Waals surface area contributed by atoms with E-state index in [2.05, 4.69) is 41.8 Å². The highest BCUT2D eigenvalue weighted by molar-refractivity contribution is 5.99. The third-order valence-corrected chi connectivity index (χ3v) is 10.8. The summed E-state index contributed by atoms with van der Waals surface area (Å²) < 4.78 is 12.1. The van der Waals surface area contributed by atoms with E-state index in [1.165, 1.54) is 24.4 Å². The molecule has 0 unspecified atom stereocenters. The van der Waals surface area contributed by atoms with Gasteiger partial charge in [-0.1, -0.05) is 61.9 Å². The van der Waals surface area contributed by atoms with Crippen LogP contribution < -0.4 is 37.3 Å². The number of carbonyl (C=O) groups excluding carboxylic acids is 4. The quantitative estimate of drug-likeness (QED) is 0.0873. The molecule has 3 amide bonds. The van der Waals surface area contributed by atoms with E-state index in [4.69, 9.17) is 26.7 Å². The molecule has 1 aliphatic rings. The van der Waals surface area contributed by atoms with Gasteiger partial charge in [0.2, 0.25) is 11.8 Å². The number of aliphatic carboxylic acids is 1. The van der Waals surface area contributed by atoms with E-state index >= 15 is 0 Å². The summed E-state index contributed by atoms with van der Waals surface area (Å²) in [6, 6.07) is 22.1. The molecule has 1 heterocycles. The Kier molecular flexibility index (Phi) is 16.6. The van der Waals surface area contributed by atoms with Crippen molar-refractivity contribution < 1.29 is 38.6 Å². The van der Waals surface area contributed by atoms with Crippen LogP contribution in [-0.2, 0) is 32.0 Å². The number of aryl methyl sites for hydroxylation is 1. The second-order valence-corrected chi connectivity index (χ2v) is 15.3. The molecule has 5 rings (SSSR count). The van der Waals surface area contributed by atoms with Crippen molar-refractivity contribution in [3.8, 4) is 33.8 Å². The first-order valence-electron chi connectivity index (χ1n) is 20.8. The van der Waals surface area contributed by atoms with Crippen molar-refractivity contribution >= 4 is 29.5 Å². The molecule has 0 aromatic heterocycles. The standard InChI is InChI=1S/C47H58N6O8/c1-4-5-6-30-7-10-32(11-8-30)33-12-14-34(15-13-33)44(55)52-39(19-20-48)46(57)53(3)43-35-16-18-42(61-24-22-50)38(27-35)37-26-31(9-17-41(37)60-23-21-49)25-36(47(58)59)28-40(54)29(2)51-45(43)56/h7-18,26-27,29,36,39,43H,4-6,19-25,28,48-50H2,1-3H3,(H,51,56)(H,52,55)(H,58,59)/t29-,36+,39-,43-/m0/s1. The van der Waals surface area contributed by atoms with Crippen LogP contribution in [0, 0.1) is 5.92 Å². The van der Waals surface area contributed by atoms with E-state index in [0.29, 0.717) is 39.3 Å². The van der Waals surface area contributed by atoms with E-state index in [1.54, 1.807) is 48.5 Å². The molecule has 4 aromatic carbocycles. The predicted octanol–water partition coefficient (Wildman–Crippen LogP) is 4.41. The molecule has 0 saturated carbocycles. The van der Waals surface area contributed by atoms with Gasteiger partial charge < -0.3 is 47.3 Å². The van der Waals surface area contributed by atoms with Crippen molar-refractivity contribution in [2.75, 3.05) is 39.9 Å². The molecular weight excluding hydrogens is 777 g/mol. The Morgan fingerprint density at radius 3 is 2.03 bits per heavy atom. The molecule has 9 N–H and O–H groups in total. The average molecular weight is 835 g/mol. The summed E-state index contributed by atoms with van der Waals surface area (Å²) in [6.07, 6.45) is 2.99. The number of benzene rings is 4. The minimum atomic E-state index is -1.34. The van der Waals surface area contributed by atoms with Crippen molar-refractivity contribution in [2.45, 2.75) is 70.5 Å². The van der Waals surface area contributed by atoms with Crippen LogP contribution in [0.3, 0.4) is 0 Å². The summed E-state index contributed by atoms with van der Waals surface area (Å²) in [5.41, 5.74) is 23.1. The molecule has 61 heavy (non-hydrogen) atoms. The van der Waals surface area contributed by atoms with Crippen LogP contribution in [0.15, 0.2) is 84.9 Å². The van der Waals surface area contributed by atoms with Crippen LogP contribution in [0.25, 0.3) is 22.3 Å². The molecule has 4 atom stereocenters. The van der Waals surface area contributed by atoms with E-state index in [-0.39, 0.29) is 52.1 Å². The number of unbranched alkanes of at least 4 members (excludes halogenated alkanes) is 1. The lowest BCUT2D eigenvalue weighted by atomic mass is 9.89. The van der Waals surface area contributed by atoms with Gasteiger partial charge in [-0.25, -0.2) is 0 Å². The minimum Gasteiger partial charge on any atom is -0.492 e. The monoisotopic (exact) mass is 834 g/mol. The summed E-state index contributed by atoms with van der Waals surface area (Å²) in [6.45, 7) is 4.44. The molecular formula is C47H58N6O8. The van der Waals surface area contributed by atoms with Crippen LogP contribution in [0.1, 0.15) is 72.6 Å². The molecule has 14 nitrogen and oxygen atoms in total. The molecule has 0 radical (unpaired) electrons. The average Bonchev–Trinajstić information content (AvgIpc) is 3.26. The molecule has 1 aliphatic heterocycles. The maximum absolute atomic E-state index is 14.5. The van der Waals surface area contributed by atoms with Crippen LogP contribution in [0.4, 0.5) is 0 Å². The van der Waals surface area contributed by atoms with Gasteiger partial charge in [-0.15, -0.1) is 0 Å². The number of likely N-dealkylation sites (N-methyl/N-ethyl adjacent to an activating group) is 1. The number of nitrogens with zero attached hydrogens (tertiary/aromatic N) is 1. The molecule has 4 aromatic rings. The topological polar surface area (TPSA) is 229 Å². The molecule has 0 spiro atoms. The number of amides is 3. The van der Waals surface area contributed by atoms with Gasteiger partial charge in [-0.05, 0) is 103 Å². The van der Waals surface area contributed by atoms with Crippen molar-refractivity contribution in [1.82, 2.24) is 15.5 Å². The van der Waals surface area contributed by atoms with Crippen LogP contribution >= 0.6 is 0 Å². The number of nitrogens with two attached hydrogens (primary N) is 3. The van der Waals surface area contributed by atoms with Gasteiger partial charge in [0, 0.05) is 43.2 Å². The molecule has 324 valence electrons. The van der Waals surface area contributed by atoms with Gasteiger partial charge >= 0.3 is 5.97 Å². The van der Waals surface area contributed by atoms with Crippen LogP contribution in [0.2, 0.25) is 0 Å². The van der Waals surface area contributed by atoms with Crippen molar-refractivity contribution in [1.29, 1.82) is 0 Å². The summed E-state index contributed by atoms with van der Waals surface area (Å²) in [5, 5.41) is 15.7. The molecule has 14 heteroatoms. The van der Waals surface area contributed by atoms with E-state index in [9.17, 15) is 29.1 Å². The van der Waals surface area contributed by atoms with Crippen molar-refractivity contribution in [3.05, 3.63) is 107 Å². The van der Waals surface area contributed by atoms with Crippen LogP contribution in [0.5, 0.6) is 11.5 Å². The number of hydrogen-bond acceptors (Lipinski definition) is 10. The largest absolute Gasteiger partial charge is 0.492 e. The number of carboxylic acid groups (broad SMARTS) is 1. The Hall–Kier alpha value is -6.09. The molecule has 0 saturated heterocycles. The number of carbonyl (C=O) groups is 5. The zero-order chi connectivity index (χ0) is 44.1. The van der Waals surface area contributed by atoms with Gasteiger partial charge in [-0.3, -0.25) is 24.0 Å². The number of ether oxygens (including phenoxy) is 2. The third-order valence-electron chi connectivity index (χ3n) is 10.8.